The highest BCUT2D eigenvalue weighted by Crippen LogP contribution is 2.25. The van der Waals surface area contributed by atoms with E-state index in [1.807, 2.05) is 12.1 Å². The molecule has 34 heavy (non-hydrogen) atoms. The number of H-pyrrole nitrogens is 1. The van der Waals surface area contributed by atoms with E-state index in [1.54, 1.807) is 49.4 Å². The molecule has 2 aromatic carbocycles. The summed E-state index contributed by atoms with van der Waals surface area (Å²) in [6.07, 6.45) is 0. The fraction of sp³-hybridized carbons (Fsp3) is 0.136. The number of carbonyl (C=O) groups excluding carboxylic acids is 2. The van der Waals surface area contributed by atoms with E-state index in [2.05, 4.69) is 25.7 Å². The summed E-state index contributed by atoms with van der Waals surface area (Å²) in [6.45, 7) is 2.04. The normalized spacial score (nSPS) is 10.8. The average Bonchev–Trinajstić information content (AvgIpc) is 3.45. The van der Waals surface area contributed by atoms with Crippen LogP contribution in [0.2, 0.25) is 5.02 Å². The van der Waals surface area contributed by atoms with Gasteiger partial charge in [0.2, 0.25) is 16.9 Å². The van der Waals surface area contributed by atoms with Crippen molar-refractivity contribution in [1.82, 2.24) is 25.1 Å². The van der Waals surface area contributed by atoms with E-state index in [0.717, 1.165) is 17.3 Å². The number of benzene rings is 2. The number of nitrogens with zero attached hydrogens (tertiary/aromatic N) is 4. The summed E-state index contributed by atoms with van der Waals surface area (Å²) < 4.78 is 6.24. The Balaban J connectivity index is 1.36. The summed E-state index contributed by atoms with van der Waals surface area (Å²) in [4.78, 5) is 24.0. The van der Waals surface area contributed by atoms with Crippen molar-refractivity contribution < 1.29 is 14.3 Å². The number of anilines is 1. The fourth-order valence-corrected chi connectivity index (χ4v) is 3.78. The Hall–Kier alpha value is -3.83. The molecule has 0 saturated carbocycles. The number of amides is 1. The number of hydrogen-bond donors (Lipinski definition) is 3. The van der Waals surface area contributed by atoms with Crippen LogP contribution in [-0.4, -0.2) is 49.3 Å². The maximum Gasteiger partial charge on any atom is 0.338 e. The topological polar surface area (TPSA) is 141 Å². The molecule has 12 heteroatoms. The Labute approximate surface area is 203 Å². The molecule has 2 aromatic heterocycles. The number of aromatic nitrogens is 5. The third kappa shape index (κ3) is 5.38. The molecule has 0 aliphatic rings. The van der Waals surface area contributed by atoms with Crippen molar-refractivity contribution in [3.05, 3.63) is 65.2 Å². The first-order valence-electron chi connectivity index (χ1n) is 10.2. The fourth-order valence-electron chi connectivity index (χ4n) is 3.00. The lowest BCUT2D eigenvalue weighted by atomic mass is 10.1. The minimum Gasteiger partial charge on any atom is -0.462 e. The molecular weight excluding hydrogens is 478 g/mol. The lowest BCUT2D eigenvalue weighted by molar-refractivity contribution is -0.113. The minimum absolute atomic E-state index is 0.0635. The van der Waals surface area contributed by atoms with Crippen LogP contribution in [0, 0.1) is 0 Å². The van der Waals surface area contributed by atoms with Gasteiger partial charge in [0, 0.05) is 16.3 Å². The average molecular weight is 498 g/mol. The molecule has 174 valence electrons. The van der Waals surface area contributed by atoms with Gasteiger partial charge in [0.1, 0.15) is 5.69 Å². The second kappa shape index (κ2) is 10.4. The van der Waals surface area contributed by atoms with Gasteiger partial charge in [-0.25, -0.2) is 9.47 Å². The quantitative estimate of drug-likeness (QED) is 0.190. The second-order valence-electron chi connectivity index (χ2n) is 6.98. The smallest absolute Gasteiger partial charge is 0.338 e. The van der Waals surface area contributed by atoms with Crippen molar-refractivity contribution in [3.63, 3.8) is 0 Å². The largest absolute Gasteiger partial charge is 0.462 e. The van der Waals surface area contributed by atoms with Gasteiger partial charge in [-0.1, -0.05) is 35.5 Å². The standard InChI is InChI=1S/C22H20ClN7O3S/c1-2-33-21(32)14-5-9-16(10-6-14)25-19(31)12-34-22-29-28-20(30(22)24)18-11-17(26-27-18)13-3-7-15(23)8-4-13/h3-11H,2,12,24H2,1H3,(H,25,31)(H,26,27). The van der Waals surface area contributed by atoms with Gasteiger partial charge in [0.05, 0.1) is 23.6 Å². The molecule has 4 rings (SSSR count). The van der Waals surface area contributed by atoms with Crippen LogP contribution in [0.5, 0.6) is 0 Å². The molecule has 10 nitrogen and oxygen atoms in total. The maximum absolute atomic E-state index is 12.3. The molecule has 0 fully saturated rings. The number of hydrogen-bond acceptors (Lipinski definition) is 8. The van der Waals surface area contributed by atoms with E-state index >= 15 is 0 Å². The number of nitrogens with two attached hydrogens (primary N) is 1. The van der Waals surface area contributed by atoms with Crippen LogP contribution in [0.1, 0.15) is 17.3 Å². The van der Waals surface area contributed by atoms with Gasteiger partial charge in [-0.2, -0.15) is 5.10 Å². The number of ether oxygens (including phenoxy) is 1. The van der Waals surface area contributed by atoms with E-state index in [1.165, 1.54) is 4.68 Å². The molecule has 0 aliphatic carbocycles. The van der Waals surface area contributed by atoms with Crippen LogP contribution in [0.4, 0.5) is 5.69 Å². The molecule has 0 saturated heterocycles. The zero-order valence-corrected chi connectivity index (χ0v) is 19.6. The summed E-state index contributed by atoms with van der Waals surface area (Å²) in [5, 5.41) is 19.1. The number of aromatic amines is 1. The number of rotatable bonds is 8. The van der Waals surface area contributed by atoms with Gasteiger partial charge in [-0.05, 0) is 49.4 Å². The summed E-state index contributed by atoms with van der Waals surface area (Å²) in [6, 6.07) is 15.5. The van der Waals surface area contributed by atoms with E-state index in [9.17, 15) is 9.59 Å². The van der Waals surface area contributed by atoms with Crippen LogP contribution in [0.25, 0.3) is 22.8 Å². The molecule has 0 atom stereocenters. The molecule has 0 aliphatic heterocycles. The molecule has 4 aromatic rings. The predicted octanol–water partition coefficient (Wildman–Crippen LogP) is 3.61. The first-order chi connectivity index (χ1) is 16.4. The first-order valence-corrected chi connectivity index (χ1v) is 11.5. The van der Waals surface area contributed by atoms with Gasteiger partial charge in [-0.3, -0.25) is 9.89 Å². The van der Waals surface area contributed by atoms with E-state index in [-0.39, 0.29) is 11.7 Å². The van der Waals surface area contributed by atoms with Crippen molar-refractivity contribution in [2.75, 3.05) is 23.5 Å². The summed E-state index contributed by atoms with van der Waals surface area (Å²) in [7, 11) is 0. The first kappa shape index (κ1) is 23.3. The molecule has 0 spiro atoms. The molecule has 4 N–H and O–H groups in total. The van der Waals surface area contributed by atoms with E-state index in [0.29, 0.717) is 45.2 Å². The van der Waals surface area contributed by atoms with Crippen LogP contribution < -0.4 is 11.2 Å². The summed E-state index contributed by atoms with van der Waals surface area (Å²) in [5.41, 5.74) is 3.14. The van der Waals surface area contributed by atoms with Crippen LogP contribution in [0.15, 0.2) is 59.8 Å². The minimum atomic E-state index is -0.411. The maximum atomic E-state index is 12.3. The number of thioether (sulfide) groups is 1. The Kier molecular flexibility index (Phi) is 7.14. The number of nitrogen functional groups attached to an aromatic ring is 1. The molecule has 2 heterocycles. The zero-order chi connectivity index (χ0) is 24.1. The second-order valence-corrected chi connectivity index (χ2v) is 8.36. The third-order valence-electron chi connectivity index (χ3n) is 4.64. The van der Waals surface area contributed by atoms with Gasteiger partial charge in [0.15, 0.2) is 0 Å². The predicted molar refractivity (Wildman–Crippen MR) is 130 cm³/mol. The van der Waals surface area contributed by atoms with Crippen molar-refractivity contribution in [1.29, 1.82) is 0 Å². The van der Waals surface area contributed by atoms with Crippen molar-refractivity contribution >= 4 is 40.9 Å². The highest BCUT2D eigenvalue weighted by molar-refractivity contribution is 7.99. The number of halogens is 1. The summed E-state index contributed by atoms with van der Waals surface area (Å²) >= 11 is 7.07. The highest BCUT2D eigenvalue weighted by atomic mass is 35.5. The Morgan fingerprint density at radius 2 is 1.88 bits per heavy atom. The van der Waals surface area contributed by atoms with Gasteiger partial charge >= 0.3 is 5.97 Å². The van der Waals surface area contributed by atoms with Crippen molar-refractivity contribution in [2.24, 2.45) is 0 Å². The third-order valence-corrected chi connectivity index (χ3v) is 5.83. The number of esters is 1. The Morgan fingerprint density at radius 3 is 2.59 bits per heavy atom. The summed E-state index contributed by atoms with van der Waals surface area (Å²) in [5.74, 6) is 5.92. The van der Waals surface area contributed by atoms with Crippen LogP contribution >= 0.6 is 23.4 Å². The number of nitrogens with one attached hydrogen (secondary N) is 2. The molecular formula is C22H20ClN7O3S. The molecule has 0 bridgehead atoms. The lowest BCUT2D eigenvalue weighted by Crippen LogP contribution is -2.16. The SMILES string of the molecule is CCOC(=O)c1ccc(NC(=O)CSc2nnc(-c3cc(-c4ccc(Cl)cc4)n[nH]3)n2N)cc1. The Morgan fingerprint density at radius 1 is 1.15 bits per heavy atom. The van der Waals surface area contributed by atoms with Gasteiger partial charge in [-0.15, -0.1) is 10.2 Å². The van der Waals surface area contributed by atoms with Crippen molar-refractivity contribution in [3.8, 4) is 22.8 Å². The number of carbonyl (C=O) groups is 2. The monoisotopic (exact) mass is 497 g/mol. The molecule has 0 unspecified atom stereocenters. The zero-order valence-electron chi connectivity index (χ0n) is 18.0. The molecule has 1 amide bonds. The van der Waals surface area contributed by atoms with Crippen molar-refractivity contribution in [2.45, 2.75) is 12.1 Å². The van der Waals surface area contributed by atoms with Gasteiger partial charge < -0.3 is 15.9 Å². The molecule has 0 radical (unpaired) electrons. The van der Waals surface area contributed by atoms with E-state index in [4.69, 9.17) is 22.2 Å². The van der Waals surface area contributed by atoms with E-state index < -0.39 is 5.97 Å². The van der Waals surface area contributed by atoms with Crippen LogP contribution in [0.3, 0.4) is 0 Å². The highest BCUT2D eigenvalue weighted by Gasteiger charge is 2.16. The lowest BCUT2D eigenvalue weighted by Gasteiger charge is -2.06. The Bertz CT molecular complexity index is 1300. The van der Waals surface area contributed by atoms with Gasteiger partial charge in [0.25, 0.3) is 0 Å². The van der Waals surface area contributed by atoms with Crippen LogP contribution in [-0.2, 0) is 9.53 Å².